The Kier molecular flexibility index (Phi) is 7.09. The Hall–Kier alpha value is -3.50. The smallest absolute Gasteiger partial charge is 0.319 e. The van der Waals surface area contributed by atoms with E-state index in [1.54, 1.807) is 31.4 Å². The second-order valence-corrected chi connectivity index (χ2v) is 6.15. The molecule has 1 unspecified atom stereocenters. The van der Waals surface area contributed by atoms with Gasteiger partial charge in [0, 0.05) is 12.2 Å². The van der Waals surface area contributed by atoms with Gasteiger partial charge in [0.05, 0.1) is 32.1 Å². The van der Waals surface area contributed by atoms with E-state index in [0.717, 1.165) is 17.0 Å². The summed E-state index contributed by atoms with van der Waals surface area (Å²) in [6.07, 6.45) is 0.661. The van der Waals surface area contributed by atoms with E-state index in [9.17, 15) is 9.90 Å². The van der Waals surface area contributed by atoms with Gasteiger partial charge in [-0.25, -0.2) is 9.48 Å². The highest BCUT2D eigenvalue weighted by Crippen LogP contribution is 2.13. The third-order valence-corrected chi connectivity index (χ3v) is 3.97. The molecule has 3 N–H and O–H groups in total. The summed E-state index contributed by atoms with van der Waals surface area (Å²) in [4.78, 5) is 12.0. The topological polar surface area (TPSA) is 123 Å². The zero-order valence-electron chi connectivity index (χ0n) is 15.9. The number of benzene rings is 2. The quantitative estimate of drug-likeness (QED) is 0.497. The molecule has 10 nitrogen and oxygen atoms in total. The number of aliphatic hydroxyl groups is 1. The van der Waals surface area contributed by atoms with E-state index in [1.807, 2.05) is 24.3 Å². The Balaban J connectivity index is 1.35. The fourth-order valence-corrected chi connectivity index (χ4v) is 2.46. The monoisotopic (exact) mass is 398 g/mol. The lowest BCUT2D eigenvalue weighted by atomic mass is 10.2. The number of ether oxygens (including phenoxy) is 2. The van der Waals surface area contributed by atoms with Crippen molar-refractivity contribution in [1.29, 1.82) is 0 Å². The van der Waals surface area contributed by atoms with Gasteiger partial charge in [-0.1, -0.05) is 12.1 Å². The van der Waals surface area contributed by atoms with Crippen molar-refractivity contribution >= 4 is 11.7 Å². The molecule has 152 valence electrons. The van der Waals surface area contributed by atoms with Gasteiger partial charge in [0.15, 0.2) is 0 Å². The summed E-state index contributed by atoms with van der Waals surface area (Å²) in [5.41, 5.74) is 2.34. The van der Waals surface area contributed by atoms with E-state index >= 15 is 0 Å². The summed E-state index contributed by atoms with van der Waals surface area (Å²) in [6, 6.07) is 14.0. The number of anilines is 1. The molecule has 10 heteroatoms. The number of tetrazole rings is 1. The highest BCUT2D eigenvalue weighted by atomic mass is 16.5. The van der Waals surface area contributed by atoms with Gasteiger partial charge in [0.25, 0.3) is 0 Å². The summed E-state index contributed by atoms with van der Waals surface area (Å²) >= 11 is 0. The number of aromatic nitrogens is 4. The number of amides is 2. The molecule has 0 fully saturated rings. The average molecular weight is 398 g/mol. The van der Waals surface area contributed by atoms with Crippen LogP contribution in [0.25, 0.3) is 5.69 Å². The predicted molar refractivity (Wildman–Crippen MR) is 105 cm³/mol. The summed E-state index contributed by atoms with van der Waals surface area (Å²) < 4.78 is 12.1. The van der Waals surface area contributed by atoms with E-state index in [1.165, 1.54) is 11.0 Å². The van der Waals surface area contributed by atoms with Gasteiger partial charge in [-0.2, -0.15) is 0 Å². The Labute approximate surface area is 167 Å². The molecule has 0 saturated carbocycles. The average Bonchev–Trinajstić information content (AvgIpc) is 3.28. The van der Waals surface area contributed by atoms with Gasteiger partial charge in [0.1, 0.15) is 12.1 Å². The zero-order valence-corrected chi connectivity index (χ0v) is 15.9. The molecule has 29 heavy (non-hydrogen) atoms. The minimum atomic E-state index is -0.818. The van der Waals surface area contributed by atoms with Crippen molar-refractivity contribution in [3.63, 3.8) is 0 Å². The molecule has 2 amide bonds. The Morgan fingerprint density at radius 2 is 1.93 bits per heavy atom. The van der Waals surface area contributed by atoms with Crippen molar-refractivity contribution in [1.82, 2.24) is 25.5 Å². The van der Waals surface area contributed by atoms with Gasteiger partial charge in [0.2, 0.25) is 0 Å². The van der Waals surface area contributed by atoms with Gasteiger partial charge >= 0.3 is 6.03 Å². The third-order valence-electron chi connectivity index (χ3n) is 3.97. The molecule has 0 aliphatic heterocycles. The predicted octanol–water partition coefficient (Wildman–Crippen LogP) is 1.37. The molecule has 1 heterocycles. The Bertz CT molecular complexity index is 884. The van der Waals surface area contributed by atoms with E-state index in [-0.39, 0.29) is 13.2 Å². The summed E-state index contributed by atoms with van der Waals surface area (Å²) in [6.45, 7) is 0.533. The van der Waals surface area contributed by atoms with Crippen LogP contribution in [-0.2, 0) is 11.3 Å². The fraction of sp³-hybridized carbons (Fsp3) is 0.263. The standard InChI is InChI=1S/C19H22N6O4/c1-28-18-8-2-14(3-9-18)11-29-12-17(26)10-20-19(27)22-15-4-6-16(7-5-15)25-13-21-23-24-25/h2-9,13,17,26H,10-12H2,1H3,(H2,20,22,27). The number of nitrogens with one attached hydrogen (secondary N) is 2. The van der Waals surface area contributed by atoms with Crippen LogP contribution in [-0.4, -0.2) is 57.7 Å². The van der Waals surface area contributed by atoms with Crippen molar-refractivity contribution in [2.45, 2.75) is 12.7 Å². The van der Waals surface area contributed by atoms with Crippen LogP contribution in [0.5, 0.6) is 5.75 Å². The highest BCUT2D eigenvalue weighted by Gasteiger charge is 2.08. The summed E-state index contributed by atoms with van der Waals surface area (Å²) in [5, 5.41) is 26.2. The van der Waals surface area contributed by atoms with Crippen LogP contribution >= 0.6 is 0 Å². The molecule has 0 saturated heterocycles. The van der Waals surface area contributed by atoms with Crippen LogP contribution in [0, 0.1) is 0 Å². The number of rotatable bonds is 9. The molecule has 0 aliphatic carbocycles. The van der Waals surface area contributed by atoms with E-state index < -0.39 is 12.1 Å². The van der Waals surface area contributed by atoms with Gasteiger partial charge < -0.3 is 25.2 Å². The molecule has 3 aromatic rings. The number of carbonyl (C=O) groups is 1. The molecule has 0 bridgehead atoms. The van der Waals surface area contributed by atoms with Gasteiger partial charge in [-0.3, -0.25) is 0 Å². The number of urea groups is 1. The number of hydrogen-bond donors (Lipinski definition) is 3. The lowest BCUT2D eigenvalue weighted by Crippen LogP contribution is -2.37. The molecular weight excluding hydrogens is 376 g/mol. The second kappa shape index (κ2) is 10.2. The van der Waals surface area contributed by atoms with Crippen molar-refractivity contribution in [2.75, 3.05) is 25.6 Å². The first-order valence-corrected chi connectivity index (χ1v) is 8.91. The minimum absolute atomic E-state index is 0.0666. The van der Waals surface area contributed by atoms with Crippen LogP contribution in [0.3, 0.4) is 0 Å². The van der Waals surface area contributed by atoms with Crippen LogP contribution in [0.15, 0.2) is 54.9 Å². The first-order chi connectivity index (χ1) is 14.1. The number of nitrogens with zero attached hydrogens (tertiary/aromatic N) is 4. The summed E-state index contributed by atoms with van der Waals surface area (Å²) in [7, 11) is 1.61. The second-order valence-electron chi connectivity index (χ2n) is 6.15. The number of aliphatic hydroxyl groups excluding tert-OH is 1. The normalized spacial score (nSPS) is 11.7. The first-order valence-electron chi connectivity index (χ1n) is 8.91. The molecule has 1 aromatic heterocycles. The van der Waals surface area contributed by atoms with Crippen LogP contribution < -0.4 is 15.4 Å². The SMILES string of the molecule is COc1ccc(COCC(O)CNC(=O)Nc2ccc(-n3cnnn3)cc2)cc1. The maximum absolute atomic E-state index is 12.0. The largest absolute Gasteiger partial charge is 0.497 e. The molecule has 1 atom stereocenters. The van der Waals surface area contributed by atoms with E-state index in [4.69, 9.17) is 9.47 Å². The van der Waals surface area contributed by atoms with Gasteiger partial charge in [-0.15, -0.1) is 5.10 Å². The van der Waals surface area contributed by atoms with Crippen molar-refractivity contribution in [2.24, 2.45) is 0 Å². The fourth-order valence-electron chi connectivity index (χ4n) is 2.46. The molecular formula is C19H22N6O4. The molecule has 2 aromatic carbocycles. The number of hydrogen-bond acceptors (Lipinski definition) is 7. The molecule has 0 spiro atoms. The number of methoxy groups -OCH3 is 1. The number of carbonyl (C=O) groups excluding carboxylic acids is 1. The van der Waals surface area contributed by atoms with Crippen molar-refractivity contribution < 1.29 is 19.4 Å². The maximum Gasteiger partial charge on any atom is 0.319 e. The van der Waals surface area contributed by atoms with E-state index in [2.05, 4.69) is 26.2 Å². The summed E-state index contributed by atoms with van der Waals surface area (Å²) in [5.74, 6) is 0.772. The van der Waals surface area contributed by atoms with Crippen molar-refractivity contribution in [3.8, 4) is 11.4 Å². The third kappa shape index (κ3) is 6.26. The molecule has 0 radical (unpaired) electrons. The zero-order chi connectivity index (χ0) is 20.5. The lowest BCUT2D eigenvalue weighted by Gasteiger charge is -2.13. The van der Waals surface area contributed by atoms with Crippen molar-refractivity contribution in [3.05, 3.63) is 60.4 Å². The van der Waals surface area contributed by atoms with Gasteiger partial charge in [-0.05, 0) is 52.4 Å². The lowest BCUT2D eigenvalue weighted by molar-refractivity contribution is 0.0302. The Morgan fingerprint density at radius 3 is 2.59 bits per heavy atom. The maximum atomic E-state index is 12.0. The molecule has 0 aliphatic rings. The van der Waals surface area contributed by atoms with Crippen LogP contribution in [0.4, 0.5) is 10.5 Å². The first kappa shape index (κ1) is 20.2. The molecule has 3 rings (SSSR count). The highest BCUT2D eigenvalue weighted by molar-refractivity contribution is 5.89. The minimum Gasteiger partial charge on any atom is -0.497 e. The van der Waals surface area contributed by atoms with E-state index in [0.29, 0.717) is 12.3 Å². The van der Waals surface area contributed by atoms with Crippen LogP contribution in [0.1, 0.15) is 5.56 Å². The Morgan fingerprint density at radius 1 is 1.17 bits per heavy atom. The van der Waals surface area contributed by atoms with Crippen LogP contribution in [0.2, 0.25) is 0 Å².